The molecule has 0 spiro atoms. The van der Waals surface area contributed by atoms with E-state index in [-0.39, 0.29) is 5.91 Å². The van der Waals surface area contributed by atoms with Gasteiger partial charge in [0, 0.05) is 18.0 Å². The molecule has 3 aromatic rings. The number of nitrogens with zero attached hydrogens (tertiary/aromatic N) is 4. The Kier molecular flexibility index (Phi) is 2.89. The molecule has 6 nitrogen and oxygen atoms in total. The number of aromatic nitrogens is 4. The molecular weight excluding hydrogens is 242 g/mol. The van der Waals surface area contributed by atoms with Gasteiger partial charge in [-0.25, -0.2) is 4.98 Å². The average molecular weight is 253 g/mol. The first-order valence-electron chi connectivity index (χ1n) is 5.82. The van der Waals surface area contributed by atoms with Crippen molar-refractivity contribution in [2.24, 2.45) is 0 Å². The molecule has 1 aromatic carbocycles. The number of hydrogen-bond donors (Lipinski definition) is 1. The summed E-state index contributed by atoms with van der Waals surface area (Å²) in [6.45, 7) is 0.306. The Balaban J connectivity index is 1.75. The fraction of sp³-hybridized carbons (Fsp3) is 0.0769. The quantitative estimate of drug-likeness (QED) is 0.757. The van der Waals surface area contributed by atoms with E-state index in [9.17, 15) is 4.79 Å². The second kappa shape index (κ2) is 4.85. The SMILES string of the molecule is O=C(NCc1nnc2ncccn12)c1ccccc1. The predicted molar refractivity (Wildman–Crippen MR) is 68.4 cm³/mol. The number of amides is 1. The van der Waals surface area contributed by atoms with Crippen LogP contribution in [0.2, 0.25) is 0 Å². The molecule has 3 rings (SSSR count). The van der Waals surface area contributed by atoms with Crippen molar-refractivity contribution in [1.29, 1.82) is 0 Å². The molecule has 0 bridgehead atoms. The lowest BCUT2D eigenvalue weighted by Gasteiger charge is -2.03. The van der Waals surface area contributed by atoms with Crippen LogP contribution < -0.4 is 5.32 Å². The zero-order valence-corrected chi connectivity index (χ0v) is 10.0. The van der Waals surface area contributed by atoms with Crippen LogP contribution in [-0.2, 0) is 6.54 Å². The lowest BCUT2D eigenvalue weighted by Crippen LogP contribution is -2.23. The molecule has 0 aliphatic rings. The number of fused-ring (bicyclic) bond motifs is 1. The summed E-state index contributed by atoms with van der Waals surface area (Å²) in [6, 6.07) is 10.8. The molecular formula is C13H11N5O. The van der Waals surface area contributed by atoms with Crippen LogP contribution in [0.4, 0.5) is 0 Å². The fourth-order valence-corrected chi connectivity index (χ4v) is 1.76. The number of nitrogens with one attached hydrogen (secondary N) is 1. The van der Waals surface area contributed by atoms with Gasteiger partial charge in [0.05, 0.1) is 6.54 Å². The van der Waals surface area contributed by atoms with E-state index >= 15 is 0 Å². The Morgan fingerprint density at radius 2 is 2.00 bits per heavy atom. The summed E-state index contributed by atoms with van der Waals surface area (Å²) in [6.07, 6.45) is 3.46. The molecule has 0 fully saturated rings. The molecule has 94 valence electrons. The van der Waals surface area contributed by atoms with Crippen molar-refractivity contribution in [3.05, 3.63) is 60.2 Å². The standard InChI is InChI=1S/C13H11N5O/c19-12(10-5-2-1-3-6-10)15-9-11-16-17-13-14-7-4-8-18(11)13/h1-8H,9H2,(H,15,19). The van der Waals surface area contributed by atoms with E-state index < -0.39 is 0 Å². The minimum Gasteiger partial charge on any atom is -0.345 e. The van der Waals surface area contributed by atoms with Gasteiger partial charge >= 0.3 is 0 Å². The minimum absolute atomic E-state index is 0.138. The van der Waals surface area contributed by atoms with E-state index in [1.807, 2.05) is 24.4 Å². The second-order valence-electron chi connectivity index (χ2n) is 3.95. The van der Waals surface area contributed by atoms with Gasteiger partial charge in [0.2, 0.25) is 0 Å². The summed E-state index contributed by atoms with van der Waals surface area (Å²) in [5.41, 5.74) is 0.620. The molecule has 19 heavy (non-hydrogen) atoms. The van der Waals surface area contributed by atoms with Gasteiger partial charge in [-0.05, 0) is 18.2 Å². The van der Waals surface area contributed by atoms with Crippen molar-refractivity contribution in [1.82, 2.24) is 24.9 Å². The second-order valence-corrected chi connectivity index (χ2v) is 3.95. The maximum absolute atomic E-state index is 11.9. The first-order chi connectivity index (χ1) is 9.34. The highest BCUT2D eigenvalue weighted by Gasteiger charge is 2.08. The van der Waals surface area contributed by atoms with Gasteiger partial charge in [0.15, 0.2) is 5.82 Å². The van der Waals surface area contributed by atoms with Crippen molar-refractivity contribution in [3.63, 3.8) is 0 Å². The maximum atomic E-state index is 11.9. The molecule has 2 aromatic heterocycles. The van der Waals surface area contributed by atoms with Crippen molar-refractivity contribution >= 4 is 11.7 Å². The third-order valence-corrected chi connectivity index (χ3v) is 2.70. The van der Waals surface area contributed by atoms with Crippen LogP contribution in [-0.4, -0.2) is 25.5 Å². The highest BCUT2D eigenvalue weighted by atomic mass is 16.1. The number of benzene rings is 1. The summed E-state index contributed by atoms with van der Waals surface area (Å²) >= 11 is 0. The molecule has 0 aliphatic heterocycles. The van der Waals surface area contributed by atoms with E-state index in [4.69, 9.17) is 0 Å². The molecule has 0 unspecified atom stereocenters. The van der Waals surface area contributed by atoms with Gasteiger partial charge in [-0.3, -0.25) is 9.20 Å². The van der Waals surface area contributed by atoms with Crippen LogP contribution in [0.25, 0.3) is 5.78 Å². The number of hydrogen-bond acceptors (Lipinski definition) is 4. The number of carbonyl (C=O) groups is 1. The molecule has 6 heteroatoms. The zero-order valence-electron chi connectivity index (χ0n) is 10.0. The number of rotatable bonds is 3. The monoisotopic (exact) mass is 253 g/mol. The van der Waals surface area contributed by atoms with E-state index in [0.717, 1.165) is 0 Å². The van der Waals surface area contributed by atoms with E-state index in [2.05, 4.69) is 20.5 Å². The Morgan fingerprint density at radius 1 is 1.16 bits per heavy atom. The highest BCUT2D eigenvalue weighted by molar-refractivity contribution is 5.93. The largest absolute Gasteiger partial charge is 0.345 e. The minimum atomic E-state index is -0.138. The van der Waals surface area contributed by atoms with E-state index in [1.165, 1.54) is 0 Å². The predicted octanol–water partition coefficient (Wildman–Crippen LogP) is 1.05. The highest BCUT2D eigenvalue weighted by Crippen LogP contribution is 2.01. The summed E-state index contributed by atoms with van der Waals surface area (Å²) in [5, 5.41) is 10.7. The van der Waals surface area contributed by atoms with Crippen LogP contribution in [0.3, 0.4) is 0 Å². The maximum Gasteiger partial charge on any atom is 0.254 e. The summed E-state index contributed by atoms with van der Waals surface area (Å²) < 4.78 is 1.74. The Hall–Kier alpha value is -2.76. The molecule has 0 radical (unpaired) electrons. The topological polar surface area (TPSA) is 72.2 Å². The van der Waals surface area contributed by atoms with Crippen LogP contribution in [0.1, 0.15) is 16.2 Å². The summed E-state index contributed by atoms with van der Waals surface area (Å²) in [5.74, 6) is 1.03. The third-order valence-electron chi connectivity index (χ3n) is 2.70. The van der Waals surface area contributed by atoms with E-state index in [1.54, 1.807) is 28.8 Å². The zero-order chi connectivity index (χ0) is 13.1. The molecule has 0 aliphatic carbocycles. The smallest absolute Gasteiger partial charge is 0.254 e. The number of carbonyl (C=O) groups excluding carboxylic acids is 1. The molecule has 0 saturated carbocycles. The Bertz CT molecular complexity index is 707. The summed E-state index contributed by atoms with van der Waals surface area (Å²) in [7, 11) is 0. The van der Waals surface area contributed by atoms with Gasteiger partial charge in [-0.2, -0.15) is 0 Å². The van der Waals surface area contributed by atoms with Gasteiger partial charge < -0.3 is 5.32 Å². The Morgan fingerprint density at radius 3 is 2.84 bits per heavy atom. The molecule has 1 amide bonds. The van der Waals surface area contributed by atoms with Gasteiger partial charge in [0.1, 0.15) is 0 Å². The summed E-state index contributed by atoms with van der Waals surface area (Å²) in [4.78, 5) is 16.0. The average Bonchev–Trinajstić information content (AvgIpc) is 2.89. The third kappa shape index (κ3) is 2.28. The van der Waals surface area contributed by atoms with Crippen LogP contribution >= 0.6 is 0 Å². The van der Waals surface area contributed by atoms with Crippen molar-refractivity contribution < 1.29 is 4.79 Å². The molecule has 2 heterocycles. The Labute approximate surface area is 109 Å². The molecule has 0 saturated heterocycles. The first-order valence-corrected chi connectivity index (χ1v) is 5.82. The van der Waals surface area contributed by atoms with Crippen molar-refractivity contribution in [2.75, 3.05) is 0 Å². The van der Waals surface area contributed by atoms with E-state index in [0.29, 0.717) is 23.7 Å². The van der Waals surface area contributed by atoms with Gasteiger partial charge in [-0.1, -0.05) is 18.2 Å². The molecule has 0 atom stereocenters. The van der Waals surface area contributed by atoms with Crippen LogP contribution in [0.15, 0.2) is 48.8 Å². The fourth-order valence-electron chi connectivity index (χ4n) is 1.76. The van der Waals surface area contributed by atoms with Gasteiger partial charge in [0.25, 0.3) is 11.7 Å². The lowest BCUT2D eigenvalue weighted by atomic mass is 10.2. The van der Waals surface area contributed by atoms with Gasteiger partial charge in [-0.15, -0.1) is 10.2 Å². The molecule has 1 N–H and O–H groups in total. The van der Waals surface area contributed by atoms with Crippen LogP contribution in [0, 0.1) is 0 Å². The van der Waals surface area contributed by atoms with Crippen molar-refractivity contribution in [2.45, 2.75) is 6.54 Å². The van der Waals surface area contributed by atoms with Crippen molar-refractivity contribution in [3.8, 4) is 0 Å². The first kappa shape index (κ1) is 11.3. The van der Waals surface area contributed by atoms with Crippen LogP contribution in [0.5, 0.6) is 0 Å². The lowest BCUT2D eigenvalue weighted by molar-refractivity contribution is 0.0950. The normalized spacial score (nSPS) is 10.5.